The van der Waals surface area contributed by atoms with Gasteiger partial charge in [0.1, 0.15) is 18.3 Å². The Balaban J connectivity index is 0.000000137. The number of imidazole rings is 2. The molecule has 10 nitrogen and oxygen atoms in total. The Morgan fingerprint density at radius 2 is 1.19 bits per heavy atom. The fraction of sp³-hybridized carbons (Fsp3) is 0.700. The van der Waals surface area contributed by atoms with Crippen LogP contribution in [-0.4, -0.2) is 97.3 Å². The lowest BCUT2D eigenvalue weighted by molar-refractivity contribution is 0.229. The second-order valence-electron chi connectivity index (χ2n) is 16.1. The normalized spacial score (nSPS) is 17.3. The molecule has 0 atom stereocenters. The lowest BCUT2D eigenvalue weighted by atomic mass is 10.2. The lowest BCUT2D eigenvalue weighted by Crippen LogP contribution is -2.31. The summed E-state index contributed by atoms with van der Waals surface area (Å²) in [5, 5.41) is 5.84. The quantitative estimate of drug-likeness (QED) is 0.217. The third-order valence-corrected chi connectivity index (χ3v) is 12.9. The summed E-state index contributed by atoms with van der Waals surface area (Å²) in [6, 6.07) is 0. The fourth-order valence-electron chi connectivity index (χ4n) is 6.59. The smallest absolute Gasteiger partial charge is 0.123 e. The zero-order valence-corrected chi connectivity index (χ0v) is 35.7. The molecule has 0 aromatic carbocycles. The molecule has 0 spiro atoms. The van der Waals surface area contributed by atoms with Crippen molar-refractivity contribution >= 4 is 22.7 Å². The predicted molar refractivity (Wildman–Crippen MR) is 218 cm³/mol. The molecule has 294 valence electrons. The van der Waals surface area contributed by atoms with E-state index >= 15 is 0 Å². The minimum Gasteiger partial charge on any atom is -0.332 e. The van der Waals surface area contributed by atoms with Crippen LogP contribution in [0.2, 0.25) is 0 Å². The fourth-order valence-corrected chi connectivity index (χ4v) is 8.72. The first-order valence-corrected chi connectivity index (χ1v) is 21.4. The summed E-state index contributed by atoms with van der Waals surface area (Å²) in [7, 11) is 4.31. The van der Waals surface area contributed by atoms with Gasteiger partial charge >= 0.3 is 0 Å². The second kappa shape index (κ2) is 19.4. The number of fused-ring (bicyclic) bond motifs is 4. The van der Waals surface area contributed by atoms with Crippen LogP contribution in [0.3, 0.4) is 0 Å². The molecule has 0 unspecified atom stereocenters. The maximum absolute atomic E-state index is 12.2. The van der Waals surface area contributed by atoms with Gasteiger partial charge in [-0.1, -0.05) is 55.4 Å². The Labute approximate surface area is 326 Å². The van der Waals surface area contributed by atoms with Crippen LogP contribution in [0.4, 0.5) is 4.39 Å². The SMILES string of the molecule is CC(C)c1cn2c(n1)CN(C)CC2.CC(C)c1cn2c(n1)CNCC2.CC(C)c1nc2c(s1)CCN(C)C2.CC(C)c1nc2c(s1)CCN(CCF)C2. The monoisotopic (exact) mass is 768 g/mol. The maximum atomic E-state index is 12.2. The molecule has 4 aromatic rings. The molecule has 53 heavy (non-hydrogen) atoms. The molecule has 8 heterocycles. The predicted octanol–water partition coefficient (Wildman–Crippen LogP) is 7.41. The molecule has 0 bridgehead atoms. The van der Waals surface area contributed by atoms with Crippen LogP contribution in [0.25, 0.3) is 0 Å². The van der Waals surface area contributed by atoms with E-state index in [1.807, 2.05) is 22.7 Å². The summed E-state index contributed by atoms with van der Waals surface area (Å²) in [6.07, 6.45) is 6.61. The van der Waals surface area contributed by atoms with Gasteiger partial charge in [0.15, 0.2) is 0 Å². The number of hydrogen-bond acceptors (Lipinski definition) is 10. The third kappa shape index (κ3) is 11.5. The highest BCUT2D eigenvalue weighted by atomic mass is 32.1. The van der Waals surface area contributed by atoms with E-state index in [2.05, 4.69) is 131 Å². The van der Waals surface area contributed by atoms with E-state index in [0.717, 1.165) is 65.3 Å². The molecule has 0 saturated heterocycles. The van der Waals surface area contributed by atoms with Crippen molar-refractivity contribution < 1.29 is 4.39 Å². The molecule has 4 aliphatic heterocycles. The zero-order valence-electron chi connectivity index (χ0n) is 34.1. The molecule has 0 radical (unpaired) electrons. The van der Waals surface area contributed by atoms with Gasteiger partial charge in [0.25, 0.3) is 0 Å². The van der Waals surface area contributed by atoms with Gasteiger partial charge in [0, 0.05) is 92.9 Å². The first-order valence-electron chi connectivity index (χ1n) is 19.8. The number of likely N-dealkylation sites (N-methyl/N-ethyl adjacent to an activating group) is 2. The Morgan fingerprint density at radius 1 is 0.642 bits per heavy atom. The molecule has 1 N–H and O–H groups in total. The van der Waals surface area contributed by atoms with E-state index in [1.165, 1.54) is 67.2 Å². The Bertz CT molecular complexity index is 1630. The first kappa shape index (κ1) is 41.6. The summed E-state index contributed by atoms with van der Waals surface area (Å²) >= 11 is 3.74. The average Bonchev–Trinajstić information content (AvgIpc) is 3.92. The molecule has 0 fully saturated rings. The van der Waals surface area contributed by atoms with Crippen LogP contribution >= 0.6 is 22.7 Å². The van der Waals surface area contributed by atoms with Crippen LogP contribution in [0.5, 0.6) is 0 Å². The summed E-state index contributed by atoms with van der Waals surface area (Å²) in [4.78, 5) is 28.2. The number of nitrogens with zero attached hydrogens (tertiary/aromatic N) is 9. The molecular formula is C40H65FN10S2. The minimum absolute atomic E-state index is 0.253. The maximum Gasteiger partial charge on any atom is 0.123 e. The summed E-state index contributed by atoms with van der Waals surface area (Å²) in [6.45, 7) is 28.1. The van der Waals surface area contributed by atoms with Crippen molar-refractivity contribution in [3.05, 3.63) is 66.6 Å². The molecule has 0 amide bonds. The third-order valence-electron chi connectivity index (χ3n) is 10.0. The summed E-state index contributed by atoms with van der Waals surface area (Å²) < 4.78 is 16.8. The van der Waals surface area contributed by atoms with Crippen molar-refractivity contribution in [1.29, 1.82) is 0 Å². The number of aromatic nitrogens is 6. The first-order chi connectivity index (χ1) is 25.3. The number of hydrogen-bond donors (Lipinski definition) is 1. The van der Waals surface area contributed by atoms with Crippen LogP contribution in [0.15, 0.2) is 12.4 Å². The van der Waals surface area contributed by atoms with Gasteiger partial charge in [-0.2, -0.15) is 0 Å². The van der Waals surface area contributed by atoms with Gasteiger partial charge in [0.05, 0.1) is 45.9 Å². The Kier molecular flexibility index (Phi) is 15.2. The molecule has 4 aliphatic rings. The van der Waals surface area contributed by atoms with E-state index in [9.17, 15) is 4.39 Å². The van der Waals surface area contributed by atoms with Crippen LogP contribution in [-0.2, 0) is 52.1 Å². The topological polar surface area (TPSA) is 83.2 Å². The highest BCUT2D eigenvalue weighted by Crippen LogP contribution is 2.30. The number of thiazole rings is 2. The van der Waals surface area contributed by atoms with Crippen molar-refractivity contribution in [2.24, 2.45) is 0 Å². The number of rotatable bonds is 6. The molecule has 0 saturated carbocycles. The highest BCUT2D eigenvalue weighted by Gasteiger charge is 2.22. The van der Waals surface area contributed by atoms with E-state index < -0.39 is 0 Å². The lowest BCUT2D eigenvalue weighted by Gasteiger charge is -2.24. The second-order valence-corrected chi connectivity index (χ2v) is 18.4. The van der Waals surface area contributed by atoms with Crippen molar-refractivity contribution in [1.82, 2.24) is 49.1 Å². The standard InChI is InChI=1S/C11H17FN2S.C10H17N3.C10H16N2S.C9H15N3/c1-8(2)11-13-9-7-14(6-4-12)5-3-10(9)15-11;1-8(2)9-6-13-5-4-12(3)7-10(13)11-9;1-7(2)10-11-8-6-12(3)5-4-9(8)13-10;1-7(2)8-6-12-4-3-10-5-9(12)11-8/h8H,3-7H2,1-2H3;6,8H,4-5,7H2,1-3H3;7H,4-6H2,1-3H3;6-7,10H,3-5H2,1-2H3. The van der Waals surface area contributed by atoms with Gasteiger partial charge in [-0.15, -0.1) is 22.7 Å². The van der Waals surface area contributed by atoms with E-state index in [1.54, 1.807) is 0 Å². The van der Waals surface area contributed by atoms with Crippen molar-refractivity contribution in [2.45, 2.75) is 131 Å². The minimum atomic E-state index is -0.253. The molecule has 4 aromatic heterocycles. The number of halogens is 1. The Morgan fingerprint density at radius 3 is 1.75 bits per heavy atom. The summed E-state index contributed by atoms with van der Waals surface area (Å²) in [5.41, 5.74) is 4.95. The summed E-state index contributed by atoms with van der Waals surface area (Å²) in [5.74, 6) is 4.59. The van der Waals surface area contributed by atoms with Crippen molar-refractivity contribution in [2.75, 3.05) is 53.5 Å². The van der Waals surface area contributed by atoms with E-state index in [4.69, 9.17) is 0 Å². The van der Waals surface area contributed by atoms with Gasteiger partial charge in [0.2, 0.25) is 0 Å². The van der Waals surface area contributed by atoms with Gasteiger partial charge in [-0.25, -0.2) is 24.3 Å². The van der Waals surface area contributed by atoms with Crippen LogP contribution in [0.1, 0.15) is 133 Å². The largest absolute Gasteiger partial charge is 0.332 e. The molecular weight excluding hydrogens is 704 g/mol. The molecule has 0 aliphatic carbocycles. The van der Waals surface area contributed by atoms with E-state index in [-0.39, 0.29) is 6.67 Å². The van der Waals surface area contributed by atoms with E-state index in [0.29, 0.717) is 30.2 Å². The highest BCUT2D eigenvalue weighted by molar-refractivity contribution is 7.12. The molecule has 8 rings (SSSR count). The van der Waals surface area contributed by atoms with Crippen molar-refractivity contribution in [3.8, 4) is 0 Å². The Hall–Kier alpha value is -2.55. The number of nitrogens with one attached hydrogen (secondary N) is 1. The van der Waals surface area contributed by atoms with Crippen molar-refractivity contribution in [3.63, 3.8) is 0 Å². The van der Waals surface area contributed by atoms with Gasteiger partial charge in [-0.3, -0.25) is 9.80 Å². The van der Waals surface area contributed by atoms with Gasteiger partial charge < -0.3 is 19.4 Å². The van der Waals surface area contributed by atoms with Crippen LogP contribution < -0.4 is 5.32 Å². The van der Waals surface area contributed by atoms with Gasteiger partial charge in [-0.05, 0) is 38.8 Å². The zero-order chi connectivity index (χ0) is 38.2. The average molecular weight is 769 g/mol. The van der Waals surface area contributed by atoms with Crippen LogP contribution in [0, 0.1) is 0 Å². The number of alkyl halides is 1. The molecule has 13 heteroatoms.